The van der Waals surface area contributed by atoms with E-state index < -0.39 is 0 Å². The first kappa shape index (κ1) is 9.69. The Morgan fingerprint density at radius 1 is 1.36 bits per heavy atom. The van der Waals surface area contributed by atoms with Gasteiger partial charge in [0.2, 0.25) is 0 Å². The van der Waals surface area contributed by atoms with Gasteiger partial charge in [-0.05, 0) is 26.2 Å². The molecule has 1 saturated carbocycles. The maximum Gasteiger partial charge on any atom is 0.306 e. The summed E-state index contributed by atoms with van der Waals surface area (Å²) in [5.41, 5.74) is -0.360. The zero-order chi connectivity index (χ0) is 10.2. The molecule has 1 heterocycles. The van der Waals surface area contributed by atoms with Crippen molar-refractivity contribution in [3.8, 4) is 0 Å². The summed E-state index contributed by atoms with van der Waals surface area (Å²) in [5.74, 6) is 0.491. The second-order valence-corrected chi connectivity index (χ2v) is 4.62. The summed E-state index contributed by atoms with van der Waals surface area (Å²) in [7, 11) is 0. The number of Topliss-reactive ketones (excluding diaryl/α,β-unsaturated/α-hetero) is 1. The van der Waals surface area contributed by atoms with Gasteiger partial charge in [0.1, 0.15) is 11.4 Å². The number of carbonyl (C=O) groups is 2. The van der Waals surface area contributed by atoms with E-state index in [1.165, 1.54) is 0 Å². The number of fused-ring (bicyclic) bond motifs is 1. The maximum atomic E-state index is 11.3. The van der Waals surface area contributed by atoms with Gasteiger partial charge in [-0.15, -0.1) is 0 Å². The highest BCUT2D eigenvalue weighted by Crippen LogP contribution is 2.40. The van der Waals surface area contributed by atoms with Gasteiger partial charge in [-0.25, -0.2) is 0 Å². The highest BCUT2D eigenvalue weighted by molar-refractivity contribution is 5.80. The van der Waals surface area contributed by atoms with E-state index in [4.69, 9.17) is 4.74 Å². The second-order valence-electron chi connectivity index (χ2n) is 4.62. The molecule has 2 rings (SSSR count). The zero-order valence-corrected chi connectivity index (χ0v) is 8.54. The van der Waals surface area contributed by atoms with Crippen molar-refractivity contribution in [2.24, 2.45) is 5.92 Å². The van der Waals surface area contributed by atoms with Crippen LogP contribution in [0.25, 0.3) is 0 Å². The van der Waals surface area contributed by atoms with Crippen LogP contribution in [-0.2, 0) is 14.3 Å². The first-order valence-corrected chi connectivity index (χ1v) is 5.34. The number of rotatable bonds is 0. The summed E-state index contributed by atoms with van der Waals surface area (Å²) in [6, 6.07) is 0. The first-order chi connectivity index (χ1) is 6.60. The van der Waals surface area contributed by atoms with Crippen molar-refractivity contribution in [3.63, 3.8) is 0 Å². The SMILES string of the molecule is C[C@]12CCC(=O)C[C@H]1CCCC(=O)O2. The normalized spacial score (nSPS) is 38.5. The molecule has 1 aliphatic heterocycles. The first-order valence-electron chi connectivity index (χ1n) is 5.34. The average Bonchev–Trinajstić information content (AvgIpc) is 2.24. The average molecular weight is 196 g/mol. The van der Waals surface area contributed by atoms with Crippen LogP contribution in [0.4, 0.5) is 0 Å². The van der Waals surface area contributed by atoms with E-state index in [2.05, 4.69) is 0 Å². The molecule has 2 fully saturated rings. The van der Waals surface area contributed by atoms with Crippen molar-refractivity contribution in [2.45, 2.75) is 51.0 Å². The summed E-state index contributed by atoms with van der Waals surface area (Å²) in [6.07, 6.45) is 4.22. The van der Waals surface area contributed by atoms with Crippen molar-refractivity contribution >= 4 is 11.8 Å². The zero-order valence-electron chi connectivity index (χ0n) is 8.54. The van der Waals surface area contributed by atoms with Gasteiger partial charge in [-0.2, -0.15) is 0 Å². The van der Waals surface area contributed by atoms with E-state index in [9.17, 15) is 9.59 Å². The molecule has 0 unspecified atom stereocenters. The van der Waals surface area contributed by atoms with E-state index in [1.807, 2.05) is 6.92 Å². The molecule has 0 aromatic heterocycles. The fourth-order valence-electron chi connectivity index (χ4n) is 2.53. The number of ether oxygens (including phenoxy) is 1. The van der Waals surface area contributed by atoms with Crippen LogP contribution in [0, 0.1) is 5.92 Å². The van der Waals surface area contributed by atoms with Crippen LogP contribution in [0.15, 0.2) is 0 Å². The van der Waals surface area contributed by atoms with E-state index in [1.54, 1.807) is 0 Å². The minimum atomic E-state index is -0.360. The number of esters is 1. The second kappa shape index (κ2) is 3.37. The molecule has 2 atom stereocenters. The lowest BCUT2D eigenvalue weighted by atomic mass is 9.74. The summed E-state index contributed by atoms with van der Waals surface area (Å²) in [5, 5.41) is 0. The Bertz CT molecular complexity index is 272. The molecule has 0 bridgehead atoms. The third-order valence-electron chi connectivity index (χ3n) is 3.52. The molecule has 0 aromatic carbocycles. The number of carbonyl (C=O) groups excluding carboxylic acids is 2. The monoisotopic (exact) mass is 196 g/mol. The topological polar surface area (TPSA) is 43.4 Å². The lowest BCUT2D eigenvalue weighted by Crippen LogP contribution is -2.43. The Balaban J connectivity index is 2.18. The Morgan fingerprint density at radius 2 is 2.14 bits per heavy atom. The molecule has 0 radical (unpaired) electrons. The fraction of sp³-hybridized carbons (Fsp3) is 0.818. The van der Waals surface area contributed by atoms with Crippen LogP contribution in [-0.4, -0.2) is 17.4 Å². The maximum absolute atomic E-state index is 11.3. The Labute approximate surface area is 83.8 Å². The van der Waals surface area contributed by atoms with Crippen LogP contribution in [0.5, 0.6) is 0 Å². The molecule has 0 spiro atoms. The minimum Gasteiger partial charge on any atom is -0.459 e. The van der Waals surface area contributed by atoms with Crippen LogP contribution < -0.4 is 0 Å². The molecular weight excluding hydrogens is 180 g/mol. The fourth-order valence-corrected chi connectivity index (χ4v) is 2.53. The largest absolute Gasteiger partial charge is 0.459 e. The molecule has 3 nitrogen and oxygen atoms in total. The van der Waals surface area contributed by atoms with Crippen LogP contribution in [0.1, 0.15) is 45.4 Å². The van der Waals surface area contributed by atoms with Gasteiger partial charge in [-0.3, -0.25) is 9.59 Å². The minimum absolute atomic E-state index is 0.0932. The molecule has 1 aliphatic carbocycles. The van der Waals surface area contributed by atoms with Gasteiger partial charge in [0.15, 0.2) is 0 Å². The van der Waals surface area contributed by atoms with Gasteiger partial charge in [0, 0.05) is 25.2 Å². The van der Waals surface area contributed by atoms with Gasteiger partial charge < -0.3 is 4.74 Å². The quantitative estimate of drug-likeness (QED) is 0.555. The summed E-state index contributed by atoms with van der Waals surface area (Å²) in [4.78, 5) is 22.6. The molecule has 0 N–H and O–H groups in total. The van der Waals surface area contributed by atoms with Gasteiger partial charge in [0.05, 0.1) is 0 Å². The van der Waals surface area contributed by atoms with Crippen molar-refractivity contribution in [3.05, 3.63) is 0 Å². The molecule has 3 heteroatoms. The van der Waals surface area contributed by atoms with Gasteiger partial charge >= 0.3 is 5.97 Å². The Hall–Kier alpha value is -0.860. The predicted molar refractivity (Wildman–Crippen MR) is 50.7 cm³/mol. The smallest absolute Gasteiger partial charge is 0.306 e. The molecule has 1 saturated heterocycles. The number of ketones is 1. The highest BCUT2D eigenvalue weighted by atomic mass is 16.6. The number of hydrogen-bond acceptors (Lipinski definition) is 3. The molecule has 0 amide bonds. The Morgan fingerprint density at radius 3 is 2.93 bits per heavy atom. The molecule has 2 aliphatic rings. The van der Waals surface area contributed by atoms with E-state index in [0.29, 0.717) is 31.5 Å². The van der Waals surface area contributed by atoms with E-state index in [-0.39, 0.29) is 17.5 Å². The van der Waals surface area contributed by atoms with Crippen LogP contribution in [0.3, 0.4) is 0 Å². The third kappa shape index (κ3) is 1.68. The molecule has 14 heavy (non-hydrogen) atoms. The summed E-state index contributed by atoms with van der Waals surface area (Å²) < 4.78 is 5.46. The molecular formula is C11H16O3. The lowest BCUT2D eigenvalue weighted by Gasteiger charge is -2.38. The number of hydrogen-bond donors (Lipinski definition) is 0. The summed E-state index contributed by atoms with van der Waals surface area (Å²) >= 11 is 0. The lowest BCUT2D eigenvalue weighted by molar-refractivity contribution is -0.166. The predicted octanol–water partition coefficient (Wildman–Crippen LogP) is 1.84. The highest BCUT2D eigenvalue weighted by Gasteiger charge is 2.43. The van der Waals surface area contributed by atoms with Crippen LogP contribution in [0.2, 0.25) is 0 Å². The summed E-state index contributed by atoms with van der Waals surface area (Å²) in [6.45, 7) is 1.98. The molecule has 0 aromatic rings. The van der Waals surface area contributed by atoms with Crippen molar-refractivity contribution in [1.82, 2.24) is 0 Å². The van der Waals surface area contributed by atoms with Crippen molar-refractivity contribution in [2.75, 3.05) is 0 Å². The Kier molecular flexibility index (Phi) is 2.33. The van der Waals surface area contributed by atoms with E-state index >= 15 is 0 Å². The van der Waals surface area contributed by atoms with Gasteiger partial charge in [-0.1, -0.05) is 0 Å². The standard InChI is InChI=1S/C11H16O3/c1-11-6-5-9(12)7-8(11)3-2-4-10(13)14-11/h8H,2-7H2,1H3/t8-,11+/m1/s1. The third-order valence-corrected chi connectivity index (χ3v) is 3.52. The molecule has 78 valence electrons. The van der Waals surface area contributed by atoms with Crippen molar-refractivity contribution < 1.29 is 14.3 Å². The van der Waals surface area contributed by atoms with Gasteiger partial charge in [0.25, 0.3) is 0 Å². The van der Waals surface area contributed by atoms with Crippen LogP contribution >= 0.6 is 0 Å². The van der Waals surface area contributed by atoms with Crippen molar-refractivity contribution in [1.29, 1.82) is 0 Å². The van der Waals surface area contributed by atoms with E-state index in [0.717, 1.165) is 12.8 Å².